The molecule has 0 aromatic heterocycles. The molecule has 0 bridgehead atoms. The quantitative estimate of drug-likeness (QED) is 0.586. The van der Waals surface area contributed by atoms with Crippen molar-refractivity contribution in [3.8, 4) is 0 Å². The van der Waals surface area contributed by atoms with Gasteiger partial charge in [-0.25, -0.2) is 0 Å². The maximum absolute atomic E-state index is 12.7. The molecule has 0 atom stereocenters. The second-order valence-electron chi connectivity index (χ2n) is 5.84. The molecule has 0 amide bonds. The van der Waals surface area contributed by atoms with Gasteiger partial charge in [-0.2, -0.15) is 0 Å². The van der Waals surface area contributed by atoms with Crippen LogP contribution in [0.15, 0.2) is 24.3 Å². The summed E-state index contributed by atoms with van der Waals surface area (Å²) in [5.74, 6) is 0.499. The van der Waals surface area contributed by atoms with Crippen molar-refractivity contribution in [2.24, 2.45) is 5.92 Å². The van der Waals surface area contributed by atoms with Gasteiger partial charge >= 0.3 is 0 Å². The minimum Gasteiger partial charge on any atom is -0.396 e. The summed E-state index contributed by atoms with van der Waals surface area (Å²) in [6.07, 6.45) is 7.30. The molecule has 1 aromatic carbocycles. The number of benzene rings is 1. The van der Waals surface area contributed by atoms with Crippen LogP contribution in [-0.2, 0) is 11.3 Å². The highest BCUT2D eigenvalue weighted by atomic mass is 16.5. The van der Waals surface area contributed by atoms with Crippen LogP contribution in [-0.4, -0.2) is 24.1 Å². The monoisotopic (exact) mass is 290 g/mol. The van der Waals surface area contributed by atoms with Crippen LogP contribution in [0.5, 0.6) is 0 Å². The van der Waals surface area contributed by atoms with Gasteiger partial charge in [0.1, 0.15) is 0 Å². The Labute approximate surface area is 127 Å². The molecule has 0 radical (unpaired) electrons. The molecule has 0 spiro atoms. The maximum Gasteiger partial charge on any atom is 0.166 e. The van der Waals surface area contributed by atoms with Crippen molar-refractivity contribution in [3.63, 3.8) is 0 Å². The van der Waals surface area contributed by atoms with Gasteiger partial charge in [0.05, 0.1) is 6.61 Å². The molecule has 3 nitrogen and oxygen atoms in total. The fourth-order valence-electron chi connectivity index (χ4n) is 2.97. The molecule has 1 aliphatic carbocycles. The van der Waals surface area contributed by atoms with Gasteiger partial charge in [0.2, 0.25) is 0 Å². The van der Waals surface area contributed by atoms with Crippen molar-refractivity contribution >= 4 is 5.78 Å². The van der Waals surface area contributed by atoms with E-state index >= 15 is 0 Å². The molecule has 0 saturated heterocycles. The first-order valence-electron chi connectivity index (χ1n) is 8.13. The average molecular weight is 290 g/mol. The van der Waals surface area contributed by atoms with E-state index in [0.717, 1.165) is 36.8 Å². The second-order valence-corrected chi connectivity index (χ2v) is 5.84. The summed E-state index contributed by atoms with van der Waals surface area (Å²) >= 11 is 0. The number of aliphatic hydroxyl groups excluding tert-OH is 1. The number of ether oxygens (including phenoxy) is 1. The largest absolute Gasteiger partial charge is 0.396 e. The normalized spacial score (nSPS) is 16.0. The number of unbranched alkanes of at least 4 members (excludes halogenated alkanes) is 1. The first-order valence-corrected chi connectivity index (χ1v) is 8.13. The van der Waals surface area contributed by atoms with E-state index in [2.05, 4.69) is 0 Å². The Morgan fingerprint density at radius 2 is 1.90 bits per heavy atom. The third-order valence-corrected chi connectivity index (χ3v) is 4.21. The number of hydrogen-bond donors (Lipinski definition) is 1. The molecule has 1 N–H and O–H groups in total. The fourth-order valence-corrected chi connectivity index (χ4v) is 2.97. The summed E-state index contributed by atoms with van der Waals surface area (Å²) in [7, 11) is 0. The van der Waals surface area contributed by atoms with E-state index in [9.17, 15) is 4.79 Å². The van der Waals surface area contributed by atoms with Gasteiger partial charge in [0.15, 0.2) is 5.78 Å². The zero-order valence-electron chi connectivity index (χ0n) is 12.7. The first-order chi connectivity index (χ1) is 10.3. The Kier molecular flexibility index (Phi) is 6.90. The first kappa shape index (κ1) is 16.2. The van der Waals surface area contributed by atoms with E-state index in [1.54, 1.807) is 0 Å². The van der Waals surface area contributed by atoms with Crippen LogP contribution in [0, 0.1) is 5.92 Å². The third-order valence-electron chi connectivity index (χ3n) is 4.21. The Morgan fingerprint density at radius 1 is 1.14 bits per heavy atom. The van der Waals surface area contributed by atoms with Crippen molar-refractivity contribution in [3.05, 3.63) is 35.4 Å². The Morgan fingerprint density at radius 3 is 2.67 bits per heavy atom. The molecule has 116 valence electrons. The van der Waals surface area contributed by atoms with Crippen LogP contribution >= 0.6 is 0 Å². The third kappa shape index (κ3) is 4.94. The molecular formula is C18H26O3. The van der Waals surface area contributed by atoms with E-state index in [1.807, 2.05) is 24.3 Å². The SMILES string of the molecule is O=C(c1ccccc1COCCCCO)C1CCCCC1. The molecule has 2 rings (SSSR count). The molecule has 21 heavy (non-hydrogen) atoms. The second kappa shape index (κ2) is 8.96. The predicted octanol–water partition coefficient (Wildman–Crippen LogP) is 3.74. The molecule has 3 heteroatoms. The summed E-state index contributed by atoms with van der Waals surface area (Å²) < 4.78 is 5.64. The van der Waals surface area contributed by atoms with Crippen molar-refractivity contribution in [2.45, 2.75) is 51.6 Å². The standard InChI is InChI=1S/C18H26O3/c19-12-6-7-13-21-14-16-10-4-5-11-17(16)18(20)15-8-2-1-3-9-15/h4-5,10-11,15,19H,1-3,6-9,12-14H2. The summed E-state index contributed by atoms with van der Waals surface area (Å²) in [4.78, 5) is 12.7. The van der Waals surface area contributed by atoms with Gasteiger partial charge in [0, 0.05) is 24.7 Å². The maximum atomic E-state index is 12.7. The Bertz CT molecular complexity index is 436. The van der Waals surface area contributed by atoms with Gasteiger partial charge in [-0.05, 0) is 31.2 Å². The zero-order valence-corrected chi connectivity index (χ0v) is 12.7. The summed E-state index contributed by atoms with van der Waals surface area (Å²) in [5, 5.41) is 8.74. The number of hydrogen-bond acceptors (Lipinski definition) is 3. The summed E-state index contributed by atoms with van der Waals surface area (Å²) in [6.45, 7) is 1.33. The van der Waals surface area contributed by atoms with Crippen LogP contribution in [0.2, 0.25) is 0 Å². The topological polar surface area (TPSA) is 46.5 Å². The molecule has 0 heterocycles. The van der Waals surface area contributed by atoms with Gasteiger partial charge in [0.25, 0.3) is 0 Å². The number of Topliss-reactive ketones (excluding diaryl/α,β-unsaturated/α-hetero) is 1. The number of rotatable bonds is 8. The minimum absolute atomic E-state index is 0.203. The highest BCUT2D eigenvalue weighted by Gasteiger charge is 2.23. The van der Waals surface area contributed by atoms with Crippen molar-refractivity contribution < 1.29 is 14.6 Å². The number of ketones is 1. The Balaban J connectivity index is 1.94. The molecular weight excluding hydrogens is 264 g/mol. The van der Waals surface area contributed by atoms with Crippen LogP contribution in [0.4, 0.5) is 0 Å². The fraction of sp³-hybridized carbons (Fsp3) is 0.611. The summed E-state index contributed by atoms with van der Waals surface area (Å²) in [5.41, 5.74) is 1.84. The highest BCUT2D eigenvalue weighted by molar-refractivity contribution is 5.99. The molecule has 1 fully saturated rings. The summed E-state index contributed by atoms with van der Waals surface area (Å²) in [6, 6.07) is 7.82. The predicted molar refractivity (Wildman–Crippen MR) is 83.3 cm³/mol. The van der Waals surface area contributed by atoms with Gasteiger partial charge < -0.3 is 9.84 Å². The lowest BCUT2D eigenvalue weighted by Crippen LogP contribution is -2.19. The smallest absolute Gasteiger partial charge is 0.166 e. The molecule has 0 unspecified atom stereocenters. The molecule has 1 saturated carbocycles. The molecule has 1 aliphatic rings. The van der Waals surface area contributed by atoms with Gasteiger partial charge in [-0.3, -0.25) is 4.79 Å². The van der Waals surface area contributed by atoms with E-state index in [1.165, 1.54) is 19.3 Å². The van der Waals surface area contributed by atoms with Crippen molar-refractivity contribution in [2.75, 3.05) is 13.2 Å². The highest BCUT2D eigenvalue weighted by Crippen LogP contribution is 2.28. The van der Waals surface area contributed by atoms with Crippen LogP contribution in [0.3, 0.4) is 0 Å². The number of carbonyl (C=O) groups excluding carboxylic acids is 1. The van der Waals surface area contributed by atoms with E-state index in [0.29, 0.717) is 19.0 Å². The number of carbonyl (C=O) groups is 1. The van der Waals surface area contributed by atoms with E-state index < -0.39 is 0 Å². The minimum atomic E-state index is 0.203. The average Bonchev–Trinajstić information content (AvgIpc) is 2.55. The molecule has 0 aliphatic heterocycles. The van der Waals surface area contributed by atoms with Crippen molar-refractivity contribution in [1.29, 1.82) is 0 Å². The van der Waals surface area contributed by atoms with Gasteiger partial charge in [-0.15, -0.1) is 0 Å². The lowest BCUT2D eigenvalue weighted by Gasteiger charge is -2.21. The van der Waals surface area contributed by atoms with Crippen LogP contribution in [0.1, 0.15) is 60.9 Å². The van der Waals surface area contributed by atoms with E-state index in [-0.39, 0.29) is 12.5 Å². The Hall–Kier alpha value is -1.19. The van der Waals surface area contributed by atoms with Crippen LogP contribution < -0.4 is 0 Å². The van der Waals surface area contributed by atoms with E-state index in [4.69, 9.17) is 9.84 Å². The number of aliphatic hydroxyl groups is 1. The van der Waals surface area contributed by atoms with Crippen LogP contribution in [0.25, 0.3) is 0 Å². The lowest BCUT2D eigenvalue weighted by atomic mass is 9.83. The zero-order chi connectivity index (χ0) is 14.9. The van der Waals surface area contributed by atoms with Gasteiger partial charge in [-0.1, -0.05) is 43.5 Å². The van der Waals surface area contributed by atoms with Crippen molar-refractivity contribution in [1.82, 2.24) is 0 Å². The lowest BCUT2D eigenvalue weighted by molar-refractivity contribution is 0.0875. The molecule has 1 aromatic rings.